The molecule has 0 radical (unpaired) electrons. The number of allylic oxidation sites excluding steroid dienone is 1. The molecule has 0 aromatic heterocycles. The molecule has 0 aliphatic rings. The summed E-state index contributed by atoms with van der Waals surface area (Å²) in [6, 6.07) is 5.53. The average Bonchev–Trinajstić information content (AvgIpc) is 2.38. The zero-order chi connectivity index (χ0) is 15.0. The molecule has 1 aromatic carbocycles. The molecule has 0 aliphatic heterocycles. The third-order valence-electron chi connectivity index (χ3n) is 2.43. The fourth-order valence-electron chi connectivity index (χ4n) is 1.65. The quantitative estimate of drug-likeness (QED) is 0.834. The first-order valence-electron chi connectivity index (χ1n) is 6.97. The van der Waals surface area contributed by atoms with Crippen LogP contribution in [0.1, 0.15) is 39.7 Å². The predicted molar refractivity (Wildman–Crippen MR) is 82.2 cm³/mol. The van der Waals surface area contributed by atoms with Gasteiger partial charge in [-0.2, -0.15) is 0 Å². The molecule has 0 atom stereocenters. The van der Waals surface area contributed by atoms with Crippen molar-refractivity contribution in [2.75, 3.05) is 11.9 Å². The molecular weight excluding hydrogens is 254 g/mol. The zero-order valence-corrected chi connectivity index (χ0v) is 12.6. The van der Waals surface area contributed by atoms with Crippen LogP contribution in [-0.2, 0) is 4.74 Å². The monoisotopic (exact) mass is 277 g/mol. The predicted octanol–water partition coefficient (Wildman–Crippen LogP) is 4.47. The van der Waals surface area contributed by atoms with Crippen molar-refractivity contribution in [3.8, 4) is 5.75 Å². The second kappa shape index (κ2) is 8.25. The maximum absolute atomic E-state index is 11.6. The highest BCUT2D eigenvalue weighted by Gasteiger charge is 2.08. The molecule has 1 amide bonds. The Balaban J connectivity index is 2.88. The molecule has 1 N–H and O–H groups in total. The summed E-state index contributed by atoms with van der Waals surface area (Å²) in [5.74, 6) is 0.806. The number of ether oxygens (including phenoxy) is 2. The molecule has 0 heterocycles. The van der Waals surface area contributed by atoms with Crippen LogP contribution >= 0.6 is 0 Å². The van der Waals surface area contributed by atoms with Crippen LogP contribution < -0.4 is 10.1 Å². The van der Waals surface area contributed by atoms with Gasteiger partial charge in [0.1, 0.15) is 5.75 Å². The van der Waals surface area contributed by atoms with E-state index in [1.165, 1.54) is 0 Å². The Hall–Kier alpha value is -1.97. The Morgan fingerprint density at radius 1 is 1.35 bits per heavy atom. The normalized spacial score (nSPS) is 10.8. The minimum absolute atomic E-state index is 0.142. The van der Waals surface area contributed by atoms with Crippen molar-refractivity contribution < 1.29 is 14.3 Å². The third kappa shape index (κ3) is 5.34. The summed E-state index contributed by atoms with van der Waals surface area (Å²) in [5, 5.41) is 2.71. The van der Waals surface area contributed by atoms with Gasteiger partial charge in [0.2, 0.25) is 0 Å². The summed E-state index contributed by atoms with van der Waals surface area (Å²) >= 11 is 0. The van der Waals surface area contributed by atoms with E-state index in [2.05, 4.69) is 12.2 Å². The molecule has 0 bridgehead atoms. The first kappa shape index (κ1) is 16.1. The third-order valence-corrected chi connectivity index (χ3v) is 2.43. The van der Waals surface area contributed by atoms with Crippen LogP contribution in [0.5, 0.6) is 5.75 Å². The average molecular weight is 277 g/mol. The highest BCUT2D eigenvalue weighted by molar-refractivity contribution is 5.85. The number of hydrogen-bond acceptors (Lipinski definition) is 3. The Morgan fingerprint density at radius 2 is 2.10 bits per heavy atom. The molecular formula is C16H23NO3. The highest BCUT2D eigenvalue weighted by atomic mass is 16.6. The van der Waals surface area contributed by atoms with Crippen molar-refractivity contribution in [2.45, 2.75) is 40.2 Å². The summed E-state index contributed by atoms with van der Waals surface area (Å²) in [5.41, 5.74) is 1.63. The van der Waals surface area contributed by atoms with Gasteiger partial charge in [-0.1, -0.05) is 19.1 Å². The number of nitrogens with one attached hydrogen (secondary N) is 1. The van der Waals surface area contributed by atoms with Gasteiger partial charge in [-0.25, -0.2) is 4.79 Å². The summed E-state index contributed by atoms with van der Waals surface area (Å²) in [6.07, 6.45) is 4.39. The maximum Gasteiger partial charge on any atom is 0.411 e. The lowest BCUT2D eigenvalue weighted by Crippen LogP contribution is -2.18. The van der Waals surface area contributed by atoms with Crippen LogP contribution in [0, 0.1) is 0 Å². The van der Waals surface area contributed by atoms with Crippen molar-refractivity contribution in [1.29, 1.82) is 0 Å². The van der Waals surface area contributed by atoms with Crippen LogP contribution in [0.25, 0.3) is 6.08 Å². The van der Waals surface area contributed by atoms with Crippen molar-refractivity contribution in [2.24, 2.45) is 0 Å². The van der Waals surface area contributed by atoms with Gasteiger partial charge in [0, 0.05) is 11.3 Å². The number of rotatable bonds is 6. The van der Waals surface area contributed by atoms with Crippen molar-refractivity contribution in [1.82, 2.24) is 0 Å². The number of hydrogen-bond donors (Lipinski definition) is 1. The lowest BCUT2D eigenvalue weighted by Gasteiger charge is -2.12. The second-order valence-corrected chi connectivity index (χ2v) is 4.58. The zero-order valence-electron chi connectivity index (χ0n) is 12.6. The van der Waals surface area contributed by atoms with Gasteiger partial charge in [-0.05, 0) is 45.4 Å². The summed E-state index contributed by atoms with van der Waals surface area (Å²) in [6.45, 7) is 8.24. The molecule has 4 heteroatoms. The summed E-state index contributed by atoms with van der Waals surface area (Å²) < 4.78 is 10.6. The molecule has 1 rings (SSSR count). The largest absolute Gasteiger partial charge is 0.493 e. The Bertz CT molecular complexity index is 467. The molecule has 0 fully saturated rings. The molecule has 0 aliphatic carbocycles. The fraction of sp³-hybridized carbons (Fsp3) is 0.438. The van der Waals surface area contributed by atoms with E-state index in [0.29, 0.717) is 12.3 Å². The van der Waals surface area contributed by atoms with E-state index < -0.39 is 6.09 Å². The van der Waals surface area contributed by atoms with Crippen molar-refractivity contribution >= 4 is 17.9 Å². The minimum Gasteiger partial charge on any atom is -0.493 e. The second-order valence-electron chi connectivity index (χ2n) is 4.58. The van der Waals surface area contributed by atoms with Gasteiger partial charge in [-0.3, -0.25) is 5.32 Å². The first-order chi connectivity index (χ1) is 9.56. The van der Waals surface area contributed by atoms with Gasteiger partial charge in [-0.15, -0.1) is 0 Å². The molecule has 0 saturated carbocycles. The summed E-state index contributed by atoms with van der Waals surface area (Å²) in [4.78, 5) is 11.6. The first-order valence-corrected chi connectivity index (χ1v) is 6.97. The Labute approximate surface area is 120 Å². The van der Waals surface area contributed by atoms with E-state index in [0.717, 1.165) is 17.7 Å². The Morgan fingerprint density at radius 3 is 2.70 bits per heavy atom. The van der Waals surface area contributed by atoms with Crippen LogP contribution in [0.4, 0.5) is 10.5 Å². The van der Waals surface area contributed by atoms with E-state index in [1.54, 1.807) is 6.07 Å². The van der Waals surface area contributed by atoms with Crippen molar-refractivity contribution in [3.05, 3.63) is 29.8 Å². The highest BCUT2D eigenvalue weighted by Crippen LogP contribution is 2.24. The molecule has 4 nitrogen and oxygen atoms in total. The number of anilines is 1. The van der Waals surface area contributed by atoms with E-state index in [-0.39, 0.29) is 6.10 Å². The van der Waals surface area contributed by atoms with Crippen molar-refractivity contribution in [3.63, 3.8) is 0 Å². The lowest BCUT2D eigenvalue weighted by molar-refractivity contribution is 0.130. The SMILES string of the molecule is CCC=Cc1cc(NC(=O)OC(C)C)ccc1OCC. The van der Waals surface area contributed by atoms with Gasteiger partial charge in [0.15, 0.2) is 0 Å². The summed E-state index contributed by atoms with van der Waals surface area (Å²) in [7, 11) is 0. The van der Waals surface area contributed by atoms with Gasteiger partial charge >= 0.3 is 6.09 Å². The van der Waals surface area contributed by atoms with E-state index in [9.17, 15) is 4.79 Å². The number of benzene rings is 1. The van der Waals surface area contributed by atoms with Gasteiger partial charge < -0.3 is 9.47 Å². The topological polar surface area (TPSA) is 47.6 Å². The van der Waals surface area contributed by atoms with E-state index >= 15 is 0 Å². The van der Waals surface area contributed by atoms with E-state index in [1.807, 2.05) is 45.1 Å². The maximum atomic E-state index is 11.6. The van der Waals surface area contributed by atoms with Crippen LogP contribution in [0.15, 0.2) is 24.3 Å². The molecule has 20 heavy (non-hydrogen) atoms. The Kier molecular flexibility index (Phi) is 6.64. The van der Waals surface area contributed by atoms with Crippen LogP contribution in [0.2, 0.25) is 0 Å². The lowest BCUT2D eigenvalue weighted by atomic mass is 10.1. The molecule has 0 spiro atoms. The minimum atomic E-state index is -0.449. The standard InChI is InChI=1S/C16H23NO3/c1-5-7-8-13-11-14(9-10-15(13)19-6-2)17-16(18)20-12(3)4/h7-12H,5-6H2,1-4H3,(H,17,18). The number of carbonyl (C=O) groups excluding carboxylic acids is 1. The number of carbonyl (C=O) groups is 1. The molecule has 0 saturated heterocycles. The van der Waals surface area contributed by atoms with Gasteiger partial charge in [0.25, 0.3) is 0 Å². The van der Waals surface area contributed by atoms with Gasteiger partial charge in [0.05, 0.1) is 12.7 Å². The fourth-order valence-corrected chi connectivity index (χ4v) is 1.65. The van der Waals surface area contributed by atoms with E-state index in [4.69, 9.17) is 9.47 Å². The molecule has 110 valence electrons. The van der Waals surface area contributed by atoms with Crippen LogP contribution in [-0.4, -0.2) is 18.8 Å². The van der Waals surface area contributed by atoms with Crippen LogP contribution in [0.3, 0.4) is 0 Å². The molecule has 0 unspecified atom stereocenters. The number of amides is 1. The molecule has 1 aromatic rings. The smallest absolute Gasteiger partial charge is 0.411 e.